The fourth-order valence-corrected chi connectivity index (χ4v) is 4.09. The molecule has 5 heteroatoms. The molecule has 0 fully saturated rings. The van der Waals surface area contributed by atoms with Gasteiger partial charge in [0.2, 0.25) is 0 Å². The standard InChI is InChI=1S/C16H15IO3S/c1-2-21(19,20)16(17)15(18)14-10-8-13(9-11-14)12-6-4-3-5-7-12/h3-11,16H,2H2,1H3/t16-/m0/s1. The lowest BCUT2D eigenvalue weighted by atomic mass is 10.0. The molecule has 0 heterocycles. The molecule has 0 radical (unpaired) electrons. The first-order chi connectivity index (χ1) is 9.95. The highest BCUT2D eigenvalue weighted by atomic mass is 127. The smallest absolute Gasteiger partial charge is 0.190 e. The number of carbonyl (C=O) groups is 1. The van der Waals surface area contributed by atoms with Crippen LogP contribution in [0.1, 0.15) is 17.3 Å². The number of rotatable bonds is 5. The van der Waals surface area contributed by atoms with Gasteiger partial charge >= 0.3 is 0 Å². The van der Waals surface area contributed by atoms with E-state index in [0.29, 0.717) is 5.56 Å². The van der Waals surface area contributed by atoms with Gasteiger partial charge in [0, 0.05) is 11.3 Å². The second-order valence-corrected chi connectivity index (χ2v) is 9.04. The monoisotopic (exact) mass is 414 g/mol. The van der Waals surface area contributed by atoms with Gasteiger partial charge in [-0.15, -0.1) is 0 Å². The predicted octanol–water partition coefficient (Wildman–Crippen LogP) is 3.73. The largest absolute Gasteiger partial charge is 0.292 e. The average Bonchev–Trinajstić information content (AvgIpc) is 2.54. The third-order valence-corrected chi connectivity index (χ3v) is 7.74. The molecule has 0 aliphatic rings. The lowest BCUT2D eigenvalue weighted by molar-refractivity contribution is 0.101. The Hall–Kier alpha value is -1.21. The molecule has 0 saturated carbocycles. The van der Waals surface area contributed by atoms with Gasteiger partial charge < -0.3 is 0 Å². The lowest BCUT2D eigenvalue weighted by Gasteiger charge is -2.09. The lowest BCUT2D eigenvalue weighted by Crippen LogP contribution is -2.25. The van der Waals surface area contributed by atoms with Crippen molar-refractivity contribution < 1.29 is 13.2 Å². The van der Waals surface area contributed by atoms with Crippen molar-refractivity contribution >= 4 is 38.2 Å². The van der Waals surface area contributed by atoms with E-state index in [4.69, 9.17) is 0 Å². The first-order valence-electron chi connectivity index (χ1n) is 6.51. The van der Waals surface area contributed by atoms with Gasteiger partial charge in [0.05, 0.1) is 0 Å². The van der Waals surface area contributed by atoms with Crippen molar-refractivity contribution in [2.75, 3.05) is 5.75 Å². The van der Waals surface area contributed by atoms with Crippen molar-refractivity contribution in [3.8, 4) is 11.1 Å². The predicted molar refractivity (Wildman–Crippen MR) is 93.5 cm³/mol. The Morgan fingerprint density at radius 3 is 2.05 bits per heavy atom. The van der Waals surface area contributed by atoms with Gasteiger partial charge in [-0.05, 0) is 11.1 Å². The van der Waals surface area contributed by atoms with Crippen molar-refractivity contribution in [2.24, 2.45) is 0 Å². The van der Waals surface area contributed by atoms with Crippen molar-refractivity contribution in [2.45, 2.75) is 10.2 Å². The summed E-state index contributed by atoms with van der Waals surface area (Å²) in [6, 6.07) is 16.8. The summed E-state index contributed by atoms with van der Waals surface area (Å²) < 4.78 is 22.5. The number of halogens is 1. The van der Waals surface area contributed by atoms with Crippen LogP contribution in [0.4, 0.5) is 0 Å². The number of sulfone groups is 1. The maximum atomic E-state index is 12.2. The SMILES string of the molecule is CCS(=O)(=O)[C@H](I)C(=O)c1ccc(-c2ccccc2)cc1. The van der Waals surface area contributed by atoms with E-state index in [9.17, 15) is 13.2 Å². The van der Waals surface area contributed by atoms with Gasteiger partial charge in [0.25, 0.3) is 0 Å². The Labute approximate surface area is 138 Å². The van der Waals surface area contributed by atoms with E-state index in [1.165, 1.54) is 0 Å². The molecule has 0 spiro atoms. The Balaban J connectivity index is 2.26. The average molecular weight is 414 g/mol. The number of hydrogen-bond acceptors (Lipinski definition) is 3. The summed E-state index contributed by atoms with van der Waals surface area (Å²) >= 11 is 1.70. The summed E-state index contributed by atoms with van der Waals surface area (Å²) in [6.07, 6.45) is 0. The maximum absolute atomic E-state index is 12.2. The fourth-order valence-electron chi connectivity index (χ4n) is 1.90. The van der Waals surface area contributed by atoms with Crippen LogP contribution >= 0.6 is 22.6 Å². The molecule has 2 aromatic carbocycles. The van der Waals surface area contributed by atoms with Gasteiger partial charge in [-0.1, -0.05) is 84.1 Å². The Morgan fingerprint density at radius 2 is 1.52 bits per heavy atom. The maximum Gasteiger partial charge on any atom is 0.190 e. The topological polar surface area (TPSA) is 51.2 Å². The van der Waals surface area contributed by atoms with Gasteiger partial charge in [-0.3, -0.25) is 4.79 Å². The highest BCUT2D eigenvalue weighted by molar-refractivity contribution is 14.1. The molecular formula is C16H15IO3S. The molecule has 21 heavy (non-hydrogen) atoms. The molecule has 2 rings (SSSR count). The van der Waals surface area contributed by atoms with Crippen LogP contribution in [0, 0.1) is 0 Å². The molecule has 2 aromatic rings. The minimum absolute atomic E-state index is 0.0333. The summed E-state index contributed by atoms with van der Waals surface area (Å²) in [7, 11) is -3.37. The third kappa shape index (κ3) is 3.71. The second kappa shape index (κ2) is 6.70. The number of benzene rings is 2. The van der Waals surface area contributed by atoms with Gasteiger partial charge in [-0.2, -0.15) is 0 Å². The molecule has 0 N–H and O–H groups in total. The van der Waals surface area contributed by atoms with Crippen LogP contribution in [0.5, 0.6) is 0 Å². The van der Waals surface area contributed by atoms with Gasteiger partial charge in [0.15, 0.2) is 18.9 Å². The molecule has 1 atom stereocenters. The number of hydrogen-bond donors (Lipinski definition) is 0. The van der Waals surface area contributed by atoms with E-state index >= 15 is 0 Å². The Morgan fingerprint density at radius 1 is 1.00 bits per heavy atom. The van der Waals surface area contributed by atoms with Gasteiger partial charge in [0.1, 0.15) is 0 Å². The van der Waals surface area contributed by atoms with Crippen molar-refractivity contribution in [3.05, 3.63) is 60.2 Å². The van der Waals surface area contributed by atoms with Gasteiger partial charge in [-0.25, -0.2) is 8.42 Å². The van der Waals surface area contributed by atoms with Crippen LogP contribution in [-0.4, -0.2) is 23.2 Å². The minimum Gasteiger partial charge on any atom is -0.292 e. The van der Waals surface area contributed by atoms with E-state index in [-0.39, 0.29) is 11.5 Å². The second-order valence-electron chi connectivity index (χ2n) is 4.58. The molecule has 0 unspecified atom stereocenters. The number of Topliss-reactive ketones (excluding diaryl/α,β-unsaturated/α-hetero) is 1. The Kier molecular flexibility index (Phi) is 5.16. The molecule has 110 valence electrons. The zero-order chi connectivity index (χ0) is 15.5. The Bertz CT molecular complexity index is 722. The molecule has 0 amide bonds. The van der Waals surface area contributed by atoms with Crippen molar-refractivity contribution in [3.63, 3.8) is 0 Å². The van der Waals surface area contributed by atoms with E-state index in [1.54, 1.807) is 41.6 Å². The van der Waals surface area contributed by atoms with E-state index < -0.39 is 13.1 Å². The van der Waals surface area contributed by atoms with Crippen molar-refractivity contribution in [1.29, 1.82) is 0 Å². The molecule has 3 nitrogen and oxygen atoms in total. The summed E-state index contributed by atoms with van der Waals surface area (Å²) in [5.74, 6) is -0.397. The van der Waals surface area contributed by atoms with Crippen LogP contribution in [0.3, 0.4) is 0 Å². The first kappa shape index (κ1) is 16.2. The van der Waals surface area contributed by atoms with E-state index in [0.717, 1.165) is 11.1 Å². The number of carbonyl (C=O) groups excluding carboxylic acids is 1. The zero-order valence-electron chi connectivity index (χ0n) is 11.5. The zero-order valence-corrected chi connectivity index (χ0v) is 14.5. The molecule has 0 aromatic heterocycles. The van der Waals surface area contributed by atoms with E-state index in [1.807, 2.05) is 42.5 Å². The summed E-state index contributed by atoms with van der Waals surface area (Å²) in [6.45, 7) is 1.55. The van der Waals surface area contributed by atoms with Crippen LogP contribution in [-0.2, 0) is 9.84 Å². The highest BCUT2D eigenvalue weighted by Gasteiger charge is 2.28. The number of ketones is 1. The molecular weight excluding hydrogens is 399 g/mol. The third-order valence-electron chi connectivity index (χ3n) is 3.20. The van der Waals surface area contributed by atoms with Crippen LogP contribution < -0.4 is 0 Å². The normalized spacial score (nSPS) is 12.9. The minimum atomic E-state index is -3.37. The quantitative estimate of drug-likeness (QED) is 0.426. The number of alkyl halides is 1. The molecule has 0 bridgehead atoms. The van der Waals surface area contributed by atoms with Crippen LogP contribution in [0.25, 0.3) is 11.1 Å². The molecule has 0 saturated heterocycles. The first-order valence-corrected chi connectivity index (χ1v) is 9.47. The van der Waals surface area contributed by atoms with Crippen molar-refractivity contribution in [1.82, 2.24) is 0 Å². The fraction of sp³-hybridized carbons (Fsp3) is 0.188. The van der Waals surface area contributed by atoms with Crippen LogP contribution in [0.2, 0.25) is 0 Å². The summed E-state index contributed by atoms with van der Waals surface area (Å²) in [5.41, 5.74) is 2.48. The van der Waals surface area contributed by atoms with Crippen LogP contribution in [0.15, 0.2) is 54.6 Å². The highest BCUT2D eigenvalue weighted by Crippen LogP contribution is 2.22. The molecule has 0 aliphatic heterocycles. The van der Waals surface area contributed by atoms with E-state index in [2.05, 4.69) is 0 Å². The summed E-state index contributed by atoms with van der Waals surface area (Å²) in [4.78, 5) is 12.2. The molecule has 0 aliphatic carbocycles. The summed E-state index contributed by atoms with van der Waals surface area (Å²) in [5, 5.41) is 0.